The SMILES string of the molecule is CC(C)C1CCCC2(C1)N=C(NC(C)(C)C)NC2=O. The summed E-state index contributed by atoms with van der Waals surface area (Å²) >= 11 is 0. The number of guanidine groups is 1. The lowest BCUT2D eigenvalue weighted by atomic mass is 9.72. The fraction of sp³-hybridized carbons (Fsp3) is 0.867. The molecule has 1 aliphatic carbocycles. The van der Waals surface area contributed by atoms with Crippen LogP contribution in [-0.4, -0.2) is 22.9 Å². The molecule has 0 aromatic carbocycles. The highest BCUT2D eigenvalue weighted by atomic mass is 16.2. The fourth-order valence-corrected chi connectivity index (χ4v) is 3.10. The van der Waals surface area contributed by atoms with Gasteiger partial charge in [-0.1, -0.05) is 20.3 Å². The molecule has 0 bridgehead atoms. The van der Waals surface area contributed by atoms with Crippen LogP contribution in [0.3, 0.4) is 0 Å². The Kier molecular flexibility index (Phi) is 3.63. The van der Waals surface area contributed by atoms with Crippen molar-refractivity contribution >= 4 is 11.9 Å². The predicted octanol–water partition coefficient (Wildman–Crippen LogP) is 2.45. The summed E-state index contributed by atoms with van der Waals surface area (Å²) in [6.45, 7) is 10.7. The summed E-state index contributed by atoms with van der Waals surface area (Å²) < 4.78 is 0. The van der Waals surface area contributed by atoms with Gasteiger partial charge >= 0.3 is 0 Å². The van der Waals surface area contributed by atoms with E-state index in [1.807, 2.05) is 0 Å². The molecular weight excluding hydrogens is 238 g/mol. The summed E-state index contributed by atoms with van der Waals surface area (Å²) in [6, 6.07) is 0. The van der Waals surface area contributed by atoms with Gasteiger partial charge < -0.3 is 5.32 Å². The zero-order chi connectivity index (χ0) is 14.3. The highest BCUT2D eigenvalue weighted by Crippen LogP contribution is 2.40. The van der Waals surface area contributed by atoms with Gasteiger partial charge in [-0.05, 0) is 51.9 Å². The topological polar surface area (TPSA) is 53.5 Å². The predicted molar refractivity (Wildman–Crippen MR) is 78.0 cm³/mol. The van der Waals surface area contributed by atoms with E-state index in [0.29, 0.717) is 17.8 Å². The lowest BCUT2D eigenvalue weighted by molar-refractivity contribution is -0.125. The first-order valence-corrected chi connectivity index (χ1v) is 7.41. The average Bonchev–Trinajstić information content (AvgIpc) is 2.52. The van der Waals surface area contributed by atoms with Crippen molar-refractivity contribution in [3.8, 4) is 0 Å². The number of amides is 1. The zero-order valence-electron chi connectivity index (χ0n) is 12.8. The molecule has 0 radical (unpaired) electrons. The molecule has 2 atom stereocenters. The molecule has 1 spiro atoms. The summed E-state index contributed by atoms with van der Waals surface area (Å²) in [5, 5.41) is 6.21. The number of carbonyl (C=O) groups excluding carboxylic acids is 1. The van der Waals surface area contributed by atoms with E-state index in [-0.39, 0.29) is 11.4 Å². The molecule has 1 amide bonds. The minimum absolute atomic E-state index is 0.0796. The van der Waals surface area contributed by atoms with Crippen LogP contribution in [0.4, 0.5) is 0 Å². The highest BCUT2D eigenvalue weighted by Gasteiger charge is 2.47. The van der Waals surface area contributed by atoms with Crippen molar-refractivity contribution in [2.24, 2.45) is 16.8 Å². The van der Waals surface area contributed by atoms with Gasteiger partial charge in [0.25, 0.3) is 5.91 Å². The van der Waals surface area contributed by atoms with E-state index >= 15 is 0 Å². The Morgan fingerprint density at radius 1 is 1.42 bits per heavy atom. The van der Waals surface area contributed by atoms with E-state index in [4.69, 9.17) is 4.99 Å². The minimum Gasteiger partial charge on any atom is -0.351 e. The van der Waals surface area contributed by atoms with Gasteiger partial charge in [-0.25, -0.2) is 4.99 Å². The number of nitrogens with one attached hydrogen (secondary N) is 2. The highest BCUT2D eigenvalue weighted by molar-refractivity contribution is 6.07. The molecule has 2 aliphatic rings. The molecule has 4 heteroatoms. The van der Waals surface area contributed by atoms with Gasteiger partial charge in [0, 0.05) is 5.54 Å². The third-order valence-electron chi connectivity index (χ3n) is 4.18. The van der Waals surface area contributed by atoms with Gasteiger partial charge in [0.1, 0.15) is 5.54 Å². The van der Waals surface area contributed by atoms with E-state index < -0.39 is 5.54 Å². The molecule has 0 aromatic heterocycles. The molecular formula is C15H27N3O. The van der Waals surface area contributed by atoms with Crippen LogP contribution >= 0.6 is 0 Å². The number of hydrogen-bond donors (Lipinski definition) is 2. The maximum atomic E-state index is 12.3. The van der Waals surface area contributed by atoms with Crippen LogP contribution in [-0.2, 0) is 4.79 Å². The average molecular weight is 265 g/mol. The third kappa shape index (κ3) is 3.10. The van der Waals surface area contributed by atoms with E-state index in [2.05, 4.69) is 45.3 Å². The standard InChI is InChI=1S/C15H27N3O/c1-10(2)11-7-6-8-15(9-11)12(19)16-13(18-15)17-14(3,4)5/h10-11H,6-9H2,1-5H3,(H2,16,17,18,19). The van der Waals surface area contributed by atoms with E-state index in [1.54, 1.807) is 0 Å². The largest absolute Gasteiger partial charge is 0.351 e. The van der Waals surface area contributed by atoms with Gasteiger partial charge in [-0.15, -0.1) is 0 Å². The maximum Gasteiger partial charge on any atom is 0.254 e. The summed E-state index contributed by atoms with van der Waals surface area (Å²) in [6.07, 6.45) is 4.11. The first-order valence-electron chi connectivity index (χ1n) is 7.41. The molecule has 1 saturated carbocycles. The summed E-state index contributed by atoms with van der Waals surface area (Å²) in [4.78, 5) is 17.1. The second kappa shape index (κ2) is 4.80. The monoisotopic (exact) mass is 265 g/mol. The third-order valence-corrected chi connectivity index (χ3v) is 4.18. The summed E-state index contributed by atoms with van der Waals surface area (Å²) in [5.74, 6) is 1.98. The number of rotatable bonds is 1. The van der Waals surface area contributed by atoms with Crippen molar-refractivity contribution in [3.63, 3.8) is 0 Å². The Morgan fingerprint density at radius 2 is 2.11 bits per heavy atom. The van der Waals surface area contributed by atoms with Gasteiger partial charge in [0.05, 0.1) is 0 Å². The maximum absolute atomic E-state index is 12.3. The van der Waals surface area contributed by atoms with Crippen LogP contribution in [0.25, 0.3) is 0 Å². The lowest BCUT2D eigenvalue weighted by Crippen LogP contribution is -2.48. The quantitative estimate of drug-likeness (QED) is 0.765. The number of aliphatic imine (C=N–C) groups is 1. The van der Waals surface area contributed by atoms with Crippen molar-refractivity contribution in [3.05, 3.63) is 0 Å². The van der Waals surface area contributed by atoms with E-state index in [0.717, 1.165) is 19.3 Å². The Labute approximate surface area is 116 Å². The molecule has 0 aromatic rings. The van der Waals surface area contributed by atoms with Crippen molar-refractivity contribution in [2.45, 2.75) is 71.4 Å². The van der Waals surface area contributed by atoms with E-state index in [9.17, 15) is 4.79 Å². The molecule has 1 heterocycles. The van der Waals surface area contributed by atoms with Crippen LogP contribution in [0.15, 0.2) is 4.99 Å². The summed E-state index contributed by atoms with van der Waals surface area (Å²) in [7, 11) is 0. The van der Waals surface area contributed by atoms with Gasteiger partial charge in [0.2, 0.25) is 0 Å². The number of hydrogen-bond acceptors (Lipinski definition) is 3. The first kappa shape index (κ1) is 14.4. The van der Waals surface area contributed by atoms with Gasteiger partial charge in [-0.3, -0.25) is 10.1 Å². The molecule has 108 valence electrons. The molecule has 19 heavy (non-hydrogen) atoms. The van der Waals surface area contributed by atoms with Gasteiger partial charge in [0.15, 0.2) is 5.96 Å². The number of carbonyl (C=O) groups is 1. The number of nitrogens with zero attached hydrogens (tertiary/aromatic N) is 1. The van der Waals surface area contributed by atoms with Crippen molar-refractivity contribution in [1.82, 2.24) is 10.6 Å². The van der Waals surface area contributed by atoms with Gasteiger partial charge in [-0.2, -0.15) is 0 Å². The van der Waals surface area contributed by atoms with E-state index in [1.165, 1.54) is 6.42 Å². The van der Waals surface area contributed by atoms with Crippen molar-refractivity contribution in [1.29, 1.82) is 0 Å². The Hall–Kier alpha value is -1.06. The Balaban J connectivity index is 2.16. The molecule has 2 rings (SSSR count). The Morgan fingerprint density at radius 3 is 2.68 bits per heavy atom. The molecule has 1 aliphatic heterocycles. The second-order valence-electron chi connectivity index (χ2n) is 7.42. The smallest absolute Gasteiger partial charge is 0.254 e. The van der Waals surface area contributed by atoms with Crippen molar-refractivity contribution < 1.29 is 4.79 Å². The fourth-order valence-electron chi connectivity index (χ4n) is 3.10. The van der Waals surface area contributed by atoms with Crippen LogP contribution in [0.5, 0.6) is 0 Å². The first-order chi connectivity index (χ1) is 8.72. The molecule has 2 N–H and O–H groups in total. The van der Waals surface area contributed by atoms with Crippen LogP contribution in [0, 0.1) is 11.8 Å². The van der Waals surface area contributed by atoms with Crippen molar-refractivity contribution in [2.75, 3.05) is 0 Å². The molecule has 4 nitrogen and oxygen atoms in total. The van der Waals surface area contributed by atoms with Crippen LogP contribution in [0.2, 0.25) is 0 Å². The van der Waals surface area contributed by atoms with Crippen LogP contribution < -0.4 is 10.6 Å². The molecule has 1 fully saturated rings. The van der Waals surface area contributed by atoms with Crippen LogP contribution in [0.1, 0.15) is 60.3 Å². The second-order valence-corrected chi connectivity index (χ2v) is 7.42. The summed E-state index contributed by atoms with van der Waals surface area (Å²) in [5.41, 5.74) is -0.579. The normalized spacial score (nSPS) is 31.6. The zero-order valence-corrected chi connectivity index (χ0v) is 12.8. The lowest BCUT2D eigenvalue weighted by Gasteiger charge is -2.35. The Bertz CT molecular complexity index is 395. The molecule has 2 unspecified atom stereocenters. The minimum atomic E-state index is -0.499. The molecule has 0 saturated heterocycles.